The Morgan fingerprint density at radius 3 is 2.35 bits per heavy atom. The van der Waals surface area contributed by atoms with Crippen LogP contribution in [0.5, 0.6) is 0 Å². The highest BCUT2D eigenvalue weighted by Crippen LogP contribution is 2.34. The Hall–Kier alpha value is -4.09. The summed E-state index contributed by atoms with van der Waals surface area (Å²) >= 11 is 0. The number of halogens is 3. The van der Waals surface area contributed by atoms with Crippen molar-refractivity contribution >= 4 is 35.4 Å². The van der Waals surface area contributed by atoms with E-state index in [0.29, 0.717) is 10.6 Å². The number of urea groups is 1. The third kappa shape index (κ3) is 4.95. The number of benzene rings is 2. The van der Waals surface area contributed by atoms with Crippen molar-refractivity contribution in [2.24, 2.45) is 5.92 Å². The standard InChI is InChI=1S/C22H20F3N3O6/c1-12-13(4-3-5-17(12)22(23,24)25)10-28-18(29)16(19(30)31)11-27(21(28)33)15-8-6-14(7-9-15)26-20(32)34-2/h3-9,16H,10-11H2,1-2H3,(H,26,32)(H,30,31). The summed E-state index contributed by atoms with van der Waals surface area (Å²) in [5.74, 6) is -4.11. The van der Waals surface area contributed by atoms with Crippen LogP contribution >= 0.6 is 0 Å². The van der Waals surface area contributed by atoms with Crippen molar-refractivity contribution in [3.8, 4) is 0 Å². The number of nitrogens with one attached hydrogen (secondary N) is 1. The lowest BCUT2D eigenvalue weighted by Gasteiger charge is -2.37. The number of rotatable bonds is 5. The third-order valence-corrected chi connectivity index (χ3v) is 5.38. The number of amides is 4. The Morgan fingerprint density at radius 2 is 1.79 bits per heavy atom. The summed E-state index contributed by atoms with van der Waals surface area (Å²) in [7, 11) is 1.18. The Labute approximate surface area is 191 Å². The molecule has 0 bridgehead atoms. The maximum absolute atomic E-state index is 13.3. The molecule has 1 atom stereocenters. The SMILES string of the molecule is COC(=O)Nc1ccc(N2CC(C(=O)O)C(=O)N(Cc3cccc(C(F)(F)F)c3C)C2=O)cc1. The van der Waals surface area contributed by atoms with Gasteiger partial charge in [0, 0.05) is 17.9 Å². The Kier molecular flexibility index (Phi) is 6.80. The van der Waals surface area contributed by atoms with Gasteiger partial charge in [-0.1, -0.05) is 12.1 Å². The second-order valence-electron chi connectivity index (χ2n) is 7.46. The lowest BCUT2D eigenvalue weighted by Crippen LogP contribution is -2.58. The molecule has 0 aromatic heterocycles. The Balaban J connectivity index is 1.94. The molecule has 1 saturated heterocycles. The molecule has 1 aliphatic heterocycles. The van der Waals surface area contributed by atoms with Gasteiger partial charge in [0.2, 0.25) is 5.91 Å². The molecule has 2 N–H and O–H groups in total. The van der Waals surface area contributed by atoms with Crippen molar-refractivity contribution in [2.75, 3.05) is 23.9 Å². The zero-order valence-corrected chi connectivity index (χ0v) is 18.0. The number of anilines is 2. The second kappa shape index (κ2) is 9.41. The fourth-order valence-corrected chi connectivity index (χ4v) is 3.54. The van der Waals surface area contributed by atoms with Gasteiger partial charge in [-0.3, -0.25) is 24.7 Å². The molecule has 9 nitrogen and oxygen atoms in total. The van der Waals surface area contributed by atoms with Gasteiger partial charge in [0.25, 0.3) is 0 Å². The van der Waals surface area contributed by atoms with Crippen molar-refractivity contribution in [1.29, 1.82) is 0 Å². The summed E-state index contributed by atoms with van der Waals surface area (Å²) in [6, 6.07) is 8.22. The minimum absolute atomic E-state index is 0.0557. The van der Waals surface area contributed by atoms with Crippen molar-refractivity contribution in [3.63, 3.8) is 0 Å². The minimum atomic E-state index is -4.63. The predicted octanol–water partition coefficient (Wildman–Crippen LogP) is 3.86. The van der Waals surface area contributed by atoms with Crippen LogP contribution in [0.2, 0.25) is 0 Å². The van der Waals surface area contributed by atoms with Gasteiger partial charge in [-0.25, -0.2) is 9.59 Å². The van der Waals surface area contributed by atoms with Crippen molar-refractivity contribution in [1.82, 2.24) is 4.90 Å². The highest BCUT2D eigenvalue weighted by Gasteiger charge is 2.44. The number of ether oxygens (including phenoxy) is 1. The normalized spacial score (nSPS) is 16.4. The number of carboxylic acid groups (broad SMARTS) is 1. The summed E-state index contributed by atoms with van der Waals surface area (Å²) in [5, 5.41) is 11.9. The first-order valence-electron chi connectivity index (χ1n) is 9.90. The van der Waals surface area contributed by atoms with E-state index in [9.17, 15) is 37.5 Å². The molecule has 2 aromatic rings. The molecule has 4 amide bonds. The number of imide groups is 1. The van der Waals surface area contributed by atoms with Gasteiger partial charge >= 0.3 is 24.3 Å². The quantitative estimate of drug-likeness (QED) is 0.629. The number of aliphatic carboxylic acids is 1. The van der Waals surface area contributed by atoms with Gasteiger partial charge in [0.05, 0.1) is 19.2 Å². The lowest BCUT2D eigenvalue weighted by atomic mass is 9.99. The van der Waals surface area contributed by atoms with Gasteiger partial charge in [-0.2, -0.15) is 13.2 Å². The number of carboxylic acids is 1. The molecule has 1 heterocycles. The minimum Gasteiger partial charge on any atom is -0.481 e. The smallest absolute Gasteiger partial charge is 0.416 e. The Bertz CT molecular complexity index is 1130. The van der Waals surface area contributed by atoms with Crippen molar-refractivity contribution in [3.05, 3.63) is 59.2 Å². The number of methoxy groups -OCH3 is 1. The average molecular weight is 479 g/mol. The fourth-order valence-electron chi connectivity index (χ4n) is 3.54. The van der Waals surface area contributed by atoms with Gasteiger partial charge in [-0.05, 0) is 48.4 Å². The first-order valence-corrected chi connectivity index (χ1v) is 9.90. The molecule has 1 unspecified atom stereocenters. The molecule has 0 radical (unpaired) electrons. The van der Waals surface area contributed by atoms with Crippen LogP contribution in [0.1, 0.15) is 16.7 Å². The van der Waals surface area contributed by atoms with E-state index in [1.54, 1.807) is 0 Å². The van der Waals surface area contributed by atoms with Gasteiger partial charge in [-0.15, -0.1) is 0 Å². The van der Waals surface area contributed by atoms with Crippen LogP contribution in [0.25, 0.3) is 0 Å². The highest BCUT2D eigenvalue weighted by atomic mass is 19.4. The molecule has 1 fully saturated rings. The zero-order chi connectivity index (χ0) is 25.2. The van der Waals surface area contributed by atoms with Crippen LogP contribution < -0.4 is 10.2 Å². The molecule has 3 rings (SSSR count). The van der Waals surface area contributed by atoms with E-state index in [2.05, 4.69) is 10.1 Å². The lowest BCUT2D eigenvalue weighted by molar-refractivity contribution is -0.150. The van der Waals surface area contributed by atoms with Crippen LogP contribution in [0.4, 0.5) is 34.1 Å². The number of hydrogen-bond donors (Lipinski definition) is 2. The molecule has 0 saturated carbocycles. The molecule has 0 spiro atoms. The topological polar surface area (TPSA) is 116 Å². The summed E-state index contributed by atoms with van der Waals surface area (Å²) in [5.41, 5.74) is -0.465. The molecular weight excluding hydrogens is 459 g/mol. The average Bonchev–Trinajstić information content (AvgIpc) is 2.77. The summed E-state index contributed by atoms with van der Waals surface area (Å²) < 4.78 is 44.3. The van der Waals surface area contributed by atoms with Crippen molar-refractivity contribution < 1.29 is 42.2 Å². The molecule has 0 aliphatic carbocycles. The van der Waals surface area contributed by atoms with Crippen molar-refractivity contribution in [2.45, 2.75) is 19.6 Å². The van der Waals surface area contributed by atoms with E-state index < -0.39 is 54.7 Å². The van der Waals surface area contributed by atoms with E-state index in [0.717, 1.165) is 17.0 Å². The number of carbonyl (C=O) groups is 4. The fraction of sp³-hybridized carbons (Fsp3) is 0.273. The monoisotopic (exact) mass is 479 g/mol. The first kappa shape index (κ1) is 24.6. The van der Waals surface area contributed by atoms with E-state index in [-0.39, 0.29) is 16.8 Å². The van der Waals surface area contributed by atoms with Gasteiger partial charge < -0.3 is 9.84 Å². The van der Waals surface area contributed by atoms with Crippen LogP contribution in [0.15, 0.2) is 42.5 Å². The second-order valence-corrected chi connectivity index (χ2v) is 7.46. The molecule has 12 heteroatoms. The number of carbonyl (C=O) groups excluding carboxylic acids is 3. The Morgan fingerprint density at radius 1 is 1.15 bits per heavy atom. The van der Waals surface area contributed by atoms with Gasteiger partial charge in [0.15, 0.2) is 5.92 Å². The van der Waals surface area contributed by atoms with Crippen LogP contribution in [-0.2, 0) is 27.0 Å². The van der Waals surface area contributed by atoms with Crippen LogP contribution in [0.3, 0.4) is 0 Å². The predicted molar refractivity (Wildman–Crippen MR) is 113 cm³/mol. The molecule has 180 valence electrons. The molecule has 1 aliphatic rings. The third-order valence-electron chi connectivity index (χ3n) is 5.38. The molecule has 34 heavy (non-hydrogen) atoms. The summed E-state index contributed by atoms with van der Waals surface area (Å²) in [6.07, 6.45) is -5.35. The maximum atomic E-state index is 13.3. The maximum Gasteiger partial charge on any atom is 0.416 e. The molecular formula is C22H20F3N3O6. The van der Waals surface area contributed by atoms with Crippen LogP contribution in [-0.4, -0.2) is 47.7 Å². The summed E-state index contributed by atoms with van der Waals surface area (Å²) in [6.45, 7) is 0.223. The zero-order valence-electron chi connectivity index (χ0n) is 18.0. The largest absolute Gasteiger partial charge is 0.481 e. The van der Waals surface area contributed by atoms with E-state index in [1.165, 1.54) is 44.4 Å². The first-order chi connectivity index (χ1) is 15.9. The van der Waals surface area contributed by atoms with E-state index >= 15 is 0 Å². The molecule has 2 aromatic carbocycles. The van der Waals surface area contributed by atoms with E-state index in [1.807, 2.05) is 0 Å². The number of hydrogen-bond acceptors (Lipinski definition) is 5. The van der Waals surface area contributed by atoms with E-state index in [4.69, 9.17) is 0 Å². The highest BCUT2D eigenvalue weighted by molar-refractivity contribution is 6.12. The number of alkyl halides is 3. The van der Waals surface area contributed by atoms with Crippen LogP contribution in [0, 0.1) is 12.8 Å². The summed E-state index contributed by atoms with van der Waals surface area (Å²) in [4.78, 5) is 50.6. The number of nitrogens with zero attached hydrogens (tertiary/aromatic N) is 2. The van der Waals surface area contributed by atoms with Gasteiger partial charge in [0.1, 0.15) is 0 Å².